The Morgan fingerprint density at radius 1 is 1.15 bits per heavy atom. The van der Waals surface area contributed by atoms with Gasteiger partial charge < -0.3 is 15.2 Å². The Hall–Kier alpha value is -3.00. The molecule has 0 spiro atoms. The van der Waals surface area contributed by atoms with E-state index in [0.29, 0.717) is 12.4 Å². The lowest BCUT2D eigenvalue weighted by molar-refractivity contribution is -0.145. The number of benzene rings is 1. The Kier molecular flexibility index (Phi) is 4.04. The second-order valence-corrected chi connectivity index (χ2v) is 6.35. The zero-order valence-electron chi connectivity index (χ0n) is 13.6. The molecular weight excluding hydrogens is 341 g/mol. The normalized spacial score (nSPS) is 26.2. The standard InChI is InChI=1S/C18H16FN3O4/c19-11-3-1-10(2-4-11)9-22-8-7-14(21-22)20-17(23)15-12-5-6-13(26-12)16(15)18(24)25/h1-8,12-13,15-16H,9H2,(H,24,25)(H,20,21,23)/t12-,13-,15+,16-/m1/s1. The first-order valence-corrected chi connectivity index (χ1v) is 8.16. The van der Waals surface area contributed by atoms with Crippen LogP contribution in [0, 0.1) is 17.7 Å². The minimum atomic E-state index is -1.05. The van der Waals surface area contributed by atoms with E-state index < -0.39 is 35.9 Å². The van der Waals surface area contributed by atoms with Gasteiger partial charge in [-0.2, -0.15) is 5.10 Å². The molecule has 2 aliphatic heterocycles. The molecule has 2 N–H and O–H groups in total. The van der Waals surface area contributed by atoms with Gasteiger partial charge in [0.1, 0.15) is 11.7 Å². The van der Waals surface area contributed by atoms with Crippen LogP contribution in [0.2, 0.25) is 0 Å². The molecule has 0 saturated carbocycles. The van der Waals surface area contributed by atoms with Gasteiger partial charge in [0.25, 0.3) is 0 Å². The lowest BCUT2D eigenvalue weighted by Crippen LogP contribution is -2.39. The predicted molar refractivity (Wildman–Crippen MR) is 88.8 cm³/mol. The van der Waals surface area contributed by atoms with E-state index in [1.165, 1.54) is 12.1 Å². The number of fused-ring (bicyclic) bond motifs is 2. The number of carboxylic acids is 1. The first-order valence-electron chi connectivity index (χ1n) is 8.16. The van der Waals surface area contributed by atoms with Crippen molar-refractivity contribution >= 4 is 17.7 Å². The highest BCUT2D eigenvalue weighted by Crippen LogP contribution is 2.39. The first-order chi connectivity index (χ1) is 12.5. The van der Waals surface area contributed by atoms with Gasteiger partial charge in [0.2, 0.25) is 5.91 Å². The summed E-state index contributed by atoms with van der Waals surface area (Å²) in [6.07, 6.45) is 4.00. The Labute approximate surface area is 148 Å². The molecule has 2 aliphatic rings. The summed E-state index contributed by atoms with van der Waals surface area (Å²) in [4.78, 5) is 24.0. The van der Waals surface area contributed by atoms with Crippen LogP contribution in [-0.2, 0) is 20.9 Å². The summed E-state index contributed by atoms with van der Waals surface area (Å²) in [6.45, 7) is 0.424. The SMILES string of the molecule is O=C(Nc1ccn(Cc2ccc(F)cc2)n1)[C@@H]1[C@H](C(=O)O)[C@H]2C=C[C@H]1O2. The number of nitrogens with one attached hydrogen (secondary N) is 1. The molecule has 2 aromatic rings. The van der Waals surface area contributed by atoms with Crippen molar-refractivity contribution in [2.75, 3.05) is 5.32 Å². The van der Waals surface area contributed by atoms with Gasteiger partial charge in [-0.3, -0.25) is 14.3 Å². The molecule has 8 heteroatoms. The van der Waals surface area contributed by atoms with E-state index in [1.54, 1.807) is 41.2 Å². The smallest absolute Gasteiger partial charge is 0.310 e. The third-order valence-corrected chi connectivity index (χ3v) is 4.64. The number of aliphatic carboxylic acids is 1. The molecular formula is C18H16FN3O4. The molecule has 0 unspecified atom stereocenters. The maximum absolute atomic E-state index is 12.9. The van der Waals surface area contributed by atoms with Crippen LogP contribution in [-0.4, -0.2) is 39.0 Å². The molecule has 2 bridgehead atoms. The third kappa shape index (κ3) is 2.99. The van der Waals surface area contributed by atoms with Crippen molar-refractivity contribution in [3.8, 4) is 0 Å². The second kappa shape index (κ2) is 6.38. The fourth-order valence-corrected chi connectivity index (χ4v) is 3.42. The number of carbonyl (C=O) groups is 2. The number of nitrogens with zero attached hydrogens (tertiary/aromatic N) is 2. The number of amides is 1. The molecule has 4 rings (SSSR count). The van der Waals surface area contributed by atoms with Crippen molar-refractivity contribution < 1.29 is 23.8 Å². The number of hydrogen-bond donors (Lipinski definition) is 2. The van der Waals surface area contributed by atoms with Crippen molar-refractivity contribution in [1.82, 2.24) is 9.78 Å². The van der Waals surface area contributed by atoms with Crippen LogP contribution < -0.4 is 5.32 Å². The van der Waals surface area contributed by atoms with Crippen molar-refractivity contribution in [3.63, 3.8) is 0 Å². The summed E-state index contributed by atoms with van der Waals surface area (Å²) >= 11 is 0. The number of anilines is 1. The summed E-state index contributed by atoms with van der Waals surface area (Å²) in [6, 6.07) is 7.69. The van der Waals surface area contributed by atoms with Crippen molar-refractivity contribution in [3.05, 3.63) is 60.1 Å². The monoisotopic (exact) mass is 357 g/mol. The largest absolute Gasteiger partial charge is 0.481 e. The number of halogens is 1. The zero-order chi connectivity index (χ0) is 18.3. The van der Waals surface area contributed by atoms with Gasteiger partial charge in [0.15, 0.2) is 5.82 Å². The minimum Gasteiger partial charge on any atom is -0.481 e. The maximum atomic E-state index is 12.9. The van der Waals surface area contributed by atoms with Gasteiger partial charge in [-0.15, -0.1) is 0 Å². The third-order valence-electron chi connectivity index (χ3n) is 4.64. The number of carboxylic acid groups (broad SMARTS) is 1. The van der Waals surface area contributed by atoms with E-state index in [9.17, 15) is 19.1 Å². The lowest BCUT2D eigenvalue weighted by atomic mass is 9.82. The van der Waals surface area contributed by atoms with Gasteiger partial charge in [-0.25, -0.2) is 4.39 Å². The quantitative estimate of drug-likeness (QED) is 0.794. The van der Waals surface area contributed by atoms with Crippen LogP contribution in [0.25, 0.3) is 0 Å². The van der Waals surface area contributed by atoms with E-state index in [1.807, 2.05) is 0 Å². The van der Waals surface area contributed by atoms with Crippen LogP contribution in [0.4, 0.5) is 10.2 Å². The molecule has 1 aromatic carbocycles. The maximum Gasteiger partial charge on any atom is 0.310 e. The second-order valence-electron chi connectivity index (χ2n) is 6.35. The highest BCUT2D eigenvalue weighted by molar-refractivity contribution is 5.96. The van der Waals surface area contributed by atoms with Gasteiger partial charge in [-0.1, -0.05) is 24.3 Å². The van der Waals surface area contributed by atoms with Crippen LogP contribution in [0.15, 0.2) is 48.7 Å². The van der Waals surface area contributed by atoms with Gasteiger partial charge in [0, 0.05) is 12.3 Å². The minimum absolute atomic E-state index is 0.308. The number of rotatable bonds is 5. The molecule has 1 amide bonds. The predicted octanol–water partition coefficient (Wildman–Crippen LogP) is 1.66. The number of carbonyl (C=O) groups excluding carboxylic acids is 1. The highest BCUT2D eigenvalue weighted by Gasteiger charge is 2.53. The Morgan fingerprint density at radius 2 is 1.85 bits per heavy atom. The molecule has 134 valence electrons. The van der Waals surface area contributed by atoms with Gasteiger partial charge in [0.05, 0.1) is 24.7 Å². The molecule has 3 heterocycles. The molecule has 1 aromatic heterocycles. The number of hydrogen-bond acceptors (Lipinski definition) is 4. The number of aromatic nitrogens is 2. The molecule has 4 atom stereocenters. The average Bonchev–Trinajstić information content (AvgIpc) is 3.32. The van der Waals surface area contributed by atoms with E-state index in [0.717, 1.165) is 5.56 Å². The summed E-state index contributed by atoms with van der Waals surface area (Å²) < 4.78 is 20.1. The molecule has 0 aliphatic carbocycles. The Bertz CT molecular complexity index is 877. The lowest BCUT2D eigenvalue weighted by Gasteiger charge is -2.20. The van der Waals surface area contributed by atoms with E-state index in [2.05, 4.69) is 10.4 Å². The Balaban J connectivity index is 1.44. The fourth-order valence-electron chi connectivity index (χ4n) is 3.42. The van der Waals surface area contributed by atoms with Crippen LogP contribution >= 0.6 is 0 Å². The summed E-state index contributed by atoms with van der Waals surface area (Å²) in [5.74, 6) is -3.15. The zero-order valence-corrected chi connectivity index (χ0v) is 13.6. The van der Waals surface area contributed by atoms with E-state index in [-0.39, 0.29) is 5.82 Å². The van der Waals surface area contributed by atoms with E-state index >= 15 is 0 Å². The first kappa shape index (κ1) is 16.5. The number of ether oxygens (including phenoxy) is 1. The molecule has 26 heavy (non-hydrogen) atoms. The molecule has 1 fully saturated rings. The van der Waals surface area contributed by atoms with E-state index in [4.69, 9.17) is 4.74 Å². The van der Waals surface area contributed by atoms with Crippen molar-refractivity contribution in [1.29, 1.82) is 0 Å². The summed E-state index contributed by atoms with van der Waals surface area (Å²) in [5.41, 5.74) is 0.866. The van der Waals surface area contributed by atoms with Gasteiger partial charge >= 0.3 is 5.97 Å². The van der Waals surface area contributed by atoms with Gasteiger partial charge in [-0.05, 0) is 17.7 Å². The topological polar surface area (TPSA) is 93.5 Å². The van der Waals surface area contributed by atoms with Crippen molar-refractivity contribution in [2.45, 2.75) is 18.8 Å². The molecule has 1 saturated heterocycles. The summed E-state index contributed by atoms with van der Waals surface area (Å²) in [5, 5.41) is 16.3. The average molecular weight is 357 g/mol. The van der Waals surface area contributed by atoms with Crippen molar-refractivity contribution in [2.24, 2.45) is 11.8 Å². The van der Waals surface area contributed by atoms with Crippen LogP contribution in [0.3, 0.4) is 0 Å². The molecule has 7 nitrogen and oxygen atoms in total. The highest BCUT2D eigenvalue weighted by atomic mass is 19.1. The van der Waals surface area contributed by atoms with Crippen LogP contribution in [0.1, 0.15) is 5.56 Å². The fraction of sp³-hybridized carbons (Fsp3) is 0.278. The van der Waals surface area contributed by atoms with Crippen LogP contribution in [0.5, 0.6) is 0 Å². The summed E-state index contributed by atoms with van der Waals surface area (Å²) in [7, 11) is 0. The Morgan fingerprint density at radius 3 is 2.54 bits per heavy atom. The molecule has 0 radical (unpaired) electrons.